The van der Waals surface area contributed by atoms with Gasteiger partial charge in [0.2, 0.25) is 0 Å². The fraction of sp³-hybridized carbons (Fsp3) is 0.480. The zero-order valence-electron chi connectivity index (χ0n) is 21.0. The summed E-state index contributed by atoms with van der Waals surface area (Å²) in [6.45, 7) is 2.71. The number of fused-ring (bicyclic) bond motifs is 1. The summed E-state index contributed by atoms with van der Waals surface area (Å²) >= 11 is 6.36. The van der Waals surface area contributed by atoms with Gasteiger partial charge in [-0.3, -0.25) is 14.6 Å². The first-order valence-electron chi connectivity index (χ1n) is 12.3. The zero-order chi connectivity index (χ0) is 27.7. The first-order valence-corrected chi connectivity index (χ1v) is 14.2. The lowest BCUT2D eigenvalue weighted by Crippen LogP contribution is -2.37. The fourth-order valence-corrected chi connectivity index (χ4v) is 4.69. The van der Waals surface area contributed by atoms with E-state index in [1.54, 1.807) is 17.9 Å². The largest absolute Gasteiger partial charge is 0.524 e. The molecule has 3 N–H and O–H groups in total. The normalized spacial score (nSPS) is 22.1. The number of cyclic esters (lactones) is 1. The Labute approximate surface area is 225 Å². The summed E-state index contributed by atoms with van der Waals surface area (Å²) in [4.78, 5) is 51.5. The van der Waals surface area contributed by atoms with Gasteiger partial charge < -0.3 is 24.1 Å². The summed E-state index contributed by atoms with van der Waals surface area (Å²) in [5.41, 5.74) is -0.155. The standard InChI is InChI=1S/C25H32ClN2O9P/c1-17-10-6-3-2-4-7-11-18(27-35-16-22(30)28-12-8-5-9-13-28)14-19-23(25(31)36-17)21(37-38(32,33)34)15-20(29)24(19)26/h3,6-7,11,15,17,29H,2,4-5,8-10,12-14,16H2,1H3,(H2,32,33,34)/b6-3+,11-7+,27-18+/t17-/m1/s1. The molecule has 11 nitrogen and oxygen atoms in total. The molecule has 13 heteroatoms. The molecule has 0 radical (unpaired) electrons. The maximum absolute atomic E-state index is 13.2. The third-order valence-electron chi connectivity index (χ3n) is 5.92. The minimum Gasteiger partial charge on any atom is -0.506 e. The number of piperidine rings is 1. The van der Waals surface area contributed by atoms with Crippen LogP contribution in [0.4, 0.5) is 0 Å². The maximum atomic E-state index is 13.2. The second kappa shape index (κ2) is 13.8. The van der Waals surface area contributed by atoms with E-state index in [-0.39, 0.29) is 40.8 Å². The number of phenols is 1. The number of carbonyl (C=O) groups excluding carboxylic acids is 2. The van der Waals surface area contributed by atoms with E-state index in [1.165, 1.54) is 0 Å². The first kappa shape index (κ1) is 29.7. The predicted molar refractivity (Wildman–Crippen MR) is 140 cm³/mol. The number of ether oxygens (including phenoxy) is 1. The highest BCUT2D eigenvalue weighted by Gasteiger charge is 2.30. The van der Waals surface area contributed by atoms with Crippen LogP contribution in [0.15, 0.2) is 35.5 Å². The van der Waals surface area contributed by atoms with Crippen LogP contribution in [0.3, 0.4) is 0 Å². The number of rotatable bonds is 5. The molecular formula is C25H32ClN2O9P. The van der Waals surface area contributed by atoms with Gasteiger partial charge in [-0.1, -0.05) is 35.0 Å². The molecule has 1 saturated heterocycles. The summed E-state index contributed by atoms with van der Waals surface area (Å²) < 4.78 is 21.8. The second-order valence-corrected chi connectivity index (χ2v) is 10.6. The Morgan fingerprint density at radius 2 is 1.92 bits per heavy atom. The van der Waals surface area contributed by atoms with Crippen LogP contribution < -0.4 is 4.52 Å². The van der Waals surface area contributed by atoms with Gasteiger partial charge in [0.15, 0.2) is 6.61 Å². The number of benzene rings is 1. The Hall–Kier alpha value is -2.85. The molecule has 1 fully saturated rings. The number of phosphoric acid groups is 1. The average molecular weight is 571 g/mol. The lowest BCUT2D eigenvalue weighted by molar-refractivity contribution is -0.137. The number of amides is 1. The molecule has 208 valence electrons. The summed E-state index contributed by atoms with van der Waals surface area (Å²) in [5.74, 6) is -2.31. The molecule has 1 aromatic carbocycles. The lowest BCUT2D eigenvalue weighted by Gasteiger charge is -2.26. The van der Waals surface area contributed by atoms with Crippen molar-refractivity contribution in [3.63, 3.8) is 0 Å². The Kier molecular flexibility index (Phi) is 10.8. The molecule has 38 heavy (non-hydrogen) atoms. The number of carbonyl (C=O) groups is 2. The molecule has 0 unspecified atom stereocenters. The van der Waals surface area contributed by atoms with Gasteiger partial charge in [0.05, 0.1) is 10.7 Å². The Bertz CT molecular complexity index is 1160. The molecule has 0 spiro atoms. The number of hydrogen-bond donors (Lipinski definition) is 3. The van der Waals surface area contributed by atoms with Crippen molar-refractivity contribution in [2.24, 2.45) is 5.16 Å². The summed E-state index contributed by atoms with van der Waals surface area (Å²) in [6.07, 6.45) is 11.2. The number of halogens is 1. The predicted octanol–water partition coefficient (Wildman–Crippen LogP) is 4.29. The number of phosphoric ester groups is 1. The fourth-order valence-electron chi connectivity index (χ4n) is 4.08. The first-order chi connectivity index (χ1) is 18.0. The van der Waals surface area contributed by atoms with Gasteiger partial charge in [-0.2, -0.15) is 0 Å². The molecule has 3 rings (SSSR count). The molecule has 2 heterocycles. The van der Waals surface area contributed by atoms with Gasteiger partial charge in [-0.05, 0) is 50.7 Å². The van der Waals surface area contributed by atoms with Crippen LogP contribution in [0.2, 0.25) is 5.02 Å². The summed E-state index contributed by atoms with van der Waals surface area (Å²) in [7, 11) is -5.13. The van der Waals surface area contributed by atoms with Crippen LogP contribution in [0.1, 0.15) is 61.4 Å². The Morgan fingerprint density at radius 3 is 2.63 bits per heavy atom. The quantitative estimate of drug-likeness (QED) is 0.203. The maximum Gasteiger partial charge on any atom is 0.524 e. The van der Waals surface area contributed by atoms with Gasteiger partial charge in [-0.15, -0.1) is 0 Å². The van der Waals surface area contributed by atoms with Crippen molar-refractivity contribution in [2.45, 2.75) is 58.0 Å². The molecule has 1 atom stereocenters. The molecule has 0 saturated carbocycles. The monoisotopic (exact) mass is 570 g/mol. The third-order valence-corrected chi connectivity index (χ3v) is 6.77. The molecule has 2 aliphatic rings. The van der Waals surface area contributed by atoms with Crippen LogP contribution in [-0.4, -0.2) is 63.2 Å². The van der Waals surface area contributed by atoms with E-state index in [4.69, 9.17) is 25.7 Å². The van der Waals surface area contributed by atoms with E-state index in [9.17, 15) is 29.0 Å². The number of phenolic OH excluding ortho intramolecular Hbond substituents is 1. The van der Waals surface area contributed by atoms with Gasteiger partial charge in [0.25, 0.3) is 5.91 Å². The average Bonchev–Trinajstić information content (AvgIpc) is 2.85. The van der Waals surface area contributed by atoms with Crippen LogP contribution in [-0.2, 0) is 25.4 Å². The van der Waals surface area contributed by atoms with Crippen LogP contribution in [0.25, 0.3) is 0 Å². The van der Waals surface area contributed by atoms with Gasteiger partial charge in [0.1, 0.15) is 23.2 Å². The van der Waals surface area contributed by atoms with Crippen molar-refractivity contribution in [3.05, 3.63) is 46.5 Å². The minimum atomic E-state index is -5.13. The van der Waals surface area contributed by atoms with Gasteiger partial charge >= 0.3 is 13.8 Å². The highest BCUT2D eigenvalue weighted by Crippen LogP contribution is 2.45. The van der Waals surface area contributed by atoms with Gasteiger partial charge in [0, 0.05) is 32.0 Å². The molecule has 1 amide bonds. The molecule has 1 aromatic rings. The zero-order valence-corrected chi connectivity index (χ0v) is 22.7. The van der Waals surface area contributed by atoms with Crippen molar-refractivity contribution in [1.29, 1.82) is 0 Å². The van der Waals surface area contributed by atoms with Crippen molar-refractivity contribution in [2.75, 3.05) is 19.7 Å². The molecule has 0 aliphatic carbocycles. The van der Waals surface area contributed by atoms with E-state index in [0.29, 0.717) is 25.9 Å². The number of aromatic hydroxyl groups is 1. The lowest BCUT2D eigenvalue weighted by atomic mass is 9.99. The number of nitrogens with zero attached hydrogens (tertiary/aromatic N) is 2. The van der Waals surface area contributed by atoms with E-state index in [2.05, 4.69) is 5.16 Å². The van der Waals surface area contributed by atoms with E-state index >= 15 is 0 Å². The van der Waals surface area contributed by atoms with Crippen molar-refractivity contribution in [3.8, 4) is 11.5 Å². The van der Waals surface area contributed by atoms with Crippen molar-refractivity contribution in [1.82, 2.24) is 4.90 Å². The number of esters is 1. The highest BCUT2D eigenvalue weighted by molar-refractivity contribution is 7.46. The molecule has 0 aromatic heterocycles. The van der Waals surface area contributed by atoms with Gasteiger partial charge in [-0.25, -0.2) is 9.36 Å². The van der Waals surface area contributed by atoms with Crippen molar-refractivity contribution < 1.29 is 43.1 Å². The molecule has 2 aliphatic heterocycles. The van der Waals surface area contributed by atoms with E-state index in [0.717, 1.165) is 31.7 Å². The smallest absolute Gasteiger partial charge is 0.506 e. The third kappa shape index (κ3) is 8.87. The summed E-state index contributed by atoms with van der Waals surface area (Å²) in [5, 5.41) is 14.2. The molecule has 0 bridgehead atoms. The SMILES string of the molecule is C[C@@H]1C/C=C/CC/C=C/C(=N\OCC(=O)N2CCCCC2)Cc2c(Cl)c(O)cc(OP(=O)(O)O)c2C(=O)O1. The highest BCUT2D eigenvalue weighted by atomic mass is 35.5. The van der Waals surface area contributed by atoms with Crippen molar-refractivity contribution >= 4 is 37.0 Å². The number of likely N-dealkylation sites (tertiary alicyclic amines) is 1. The minimum absolute atomic E-state index is 0.0331. The Balaban J connectivity index is 1.99. The number of allylic oxidation sites excluding steroid dienone is 3. The molecular weight excluding hydrogens is 539 g/mol. The Morgan fingerprint density at radius 1 is 1.21 bits per heavy atom. The van der Waals surface area contributed by atoms with E-state index in [1.807, 2.05) is 18.2 Å². The van der Waals surface area contributed by atoms with Crippen LogP contribution in [0, 0.1) is 0 Å². The summed E-state index contributed by atoms with van der Waals surface area (Å²) in [6, 6.07) is 0.843. The number of oxime groups is 1. The van der Waals surface area contributed by atoms with Crippen LogP contribution >= 0.6 is 19.4 Å². The van der Waals surface area contributed by atoms with E-state index < -0.39 is 31.4 Å². The number of hydrogen-bond acceptors (Lipinski definition) is 8. The van der Waals surface area contributed by atoms with Crippen LogP contribution in [0.5, 0.6) is 11.5 Å². The second-order valence-electron chi connectivity index (χ2n) is 9.02. The topological polar surface area (TPSA) is 155 Å².